The minimum Gasteiger partial charge on any atom is -0.444 e. The van der Waals surface area contributed by atoms with Gasteiger partial charge in [0.25, 0.3) is 11.8 Å². The van der Waals surface area contributed by atoms with Crippen LogP contribution in [0.2, 0.25) is 0 Å². The number of hydrogen-bond acceptors (Lipinski definition) is 3. The van der Waals surface area contributed by atoms with Crippen LogP contribution in [0.3, 0.4) is 0 Å². The third-order valence-electron chi connectivity index (χ3n) is 3.58. The first-order valence-electron chi connectivity index (χ1n) is 7.09. The van der Waals surface area contributed by atoms with Gasteiger partial charge >= 0.3 is 0 Å². The summed E-state index contributed by atoms with van der Waals surface area (Å²) in [6.07, 6.45) is 2.14. The van der Waals surface area contributed by atoms with Crippen molar-refractivity contribution in [2.75, 3.05) is 18.4 Å². The van der Waals surface area contributed by atoms with Crippen molar-refractivity contribution in [3.63, 3.8) is 0 Å². The van der Waals surface area contributed by atoms with Crippen molar-refractivity contribution in [2.45, 2.75) is 12.8 Å². The first-order chi connectivity index (χ1) is 10.6. The summed E-state index contributed by atoms with van der Waals surface area (Å²) in [5.41, 5.74) is 1.26. The number of benzene rings is 1. The van der Waals surface area contributed by atoms with Gasteiger partial charge in [-0.1, -0.05) is 0 Å². The van der Waals surface area contributed by atoms with Crippen LogP contribution in [0.1, 0.15) is 33.8 Å². The van der Waals surface area contributed by atoms with Crippen LogP contribution in [0.5, 0.6) is 0 Å². The van der Waals surface area contributed by atoms with E-state index in [-0.39, 0.29) is 17.6 Å². The topological polar surface area (TPSA) is 62.6 Å². The number of hydrogen-bond donors (Lipinski definition) is 1. The summed E-state index contributed by atoms with van der Waals surface area (Å²) in [6.45, 7) is 1.65. The molecule has 1 aromatic carbocycles. The molecule has 2 amide bonds. The van der Waals surface area contributed by atoms with Crippen molar-refractivity contribution < 1.29 is 14.0 Å². The number of likely N-dealkylation sites (tertiary alicyclic amines) is 1. The highest BCUT2D eigenvalue weighted by Crippen LogP contribution is 2.18. The van der Waals surface area contributed by atoms with Gasteiger partial charge in [-0.2, -0.15) is 0 Å². The van der Waals surface area contributed by atoms with E-state index in [2.05, 4.69) is 21.2 Å². The first-order valence-corrected chi connectivity index (χ1v) is 7.89. The van der Waals surface area contributed by atoms with Crippen molar-refractivity contribution in [3.8, 4) is 0 Å². The van der Waals surface area contributed by atoms with E-state index in [4.69, 9.17) is 4.42 Å². The van der Waals surface area contributed by atoms with Crippen molar-refractivity contribution in [1.29, 1.82) is 0 Å². The molecule has 114 valence electrons. The van der Waals surface area contributed by atoms with E-state index < -0.39 is 0 Å². The Labute approximate surface area is 136 Å². The summed E-state index contributed by atoms with van der Waals surface area (Å²) in [4.78, 5) is 26.0. The molecule has 6 heteroatoms. The summed E-state index contributed by atoms with van der Waals surface area (Å²) < 4.78 is 5.69. The van der Waals surface area contributed by atoms with Crippen LogP contribution in [-0.2, 0) is 0 Å². The highest BCUT2D eigenvalue weighted by molar-refractivity contribution is 9.10. The van der Waals surface area contributed by atoms with Crippen molar-refractivity contribution in [2.24, 2.45) is 0 Å². The number of rotatable bonds is 3. The largest absolute Gasteiger partial charge is 0.444 e. The molecule has 1 N–H and O–H groups in total. The second-order valence-corrected chi connectivity index (χ2v) is 5.92. The fourth-order valence-electron chi connectivity index (χ4n) is 2.43. The summed E-state index contributed by atoms with van der Waals surface area (Å²) in [5.74, 6) is -0.0567. The second-order valence-electron chi connectivity index (χ2n) is 5.13. The van der Waals surface area contributed by atoms with Gasteiger partial charge in [0.2, 0.25) is 0 Å². The summed E-state index contributed by atoms with van der Waals surface area (Å²) >= 11 is 3.15. The molecule has 5 nitrogen and oxygen atoms in total. The van der Waals surface area contributed by atoms with Crippen LogP contribution in [-0.4, -0.2) is 29.8 Å². The van der Waals surface area contributed by atoms with E-state index in [1.54, 1.807) is 36.4 Å². The van der Waals surface area contributed by atoms with E-state index in [9.17, 15) is 9.59 Å². The average Bonchev–Trinajstić information content (AvgIpc) is 3.18. The first kappa shape index (κ1) is 14.8. The number of furan rings is 1. The molecule has 3 rings (SSSR count). The number of carbonyl (C=O) groups excluding carboxylic acids is 2. The van der Waals surface area contributed by atoms with Crippen LogP contribution in [0.4, 0.5) is 5.69 Å². The van der Waals surface area contributed by atoms with Crippen LogP contribution in [0.15, 0.2) is 45.5 Å². The lowest BCUT2D eigenvalue weighted by atomic mass is 10.2. The summed E-state index contributed by atoms with van der Waals surface area (Å²) in [5, 5.41) is 2.73. The van der Waals surface area contributed by atoms with Gasteiger partial charge in [-0.05, 0) is 65.2 Å². The zero-order valence-electron chi connectivity index (χ0n) is 11.8. The van der Waals surface area contributed by atoms with Crippen molar-refractivity contribution in [1.82, 2.24) is 4.90 Å². The van der Waals surface area contributed by atoms with E-state index in [0.29, 0.717) is 15.9 Å². The van der Waals surface area contributed by atoms with Crippen LogP contribution in [0, 0.1) is 0 Å². The monoisotopic (exact) mass is 362 g/mol. The maximum Gasteiger partial charge on any atom is 0.291 e. The Morgan fingerprint density at radius 2 is 1.73 bits per heavy atom. The number of nitrogens with zero attached hydrogens (tertiary/aromatic N) is 1. The molecule has 0 atom stereocenters. The maximum atomic E-state index is 12.2. The highest BCUT2D eigenvalue weighted by Gasteiger charge is 2.19. The SMILES string of the molecule is O=C(Nc1ccc(C(=O)N2CCCC2)cc1)c1ccc(Br)o1. The predicted molar refractivity (Wildman–Crippen MR) is 85.9 cm³/mol. The lowest BCUT2D eigenvalue weighted by Gasteiger charge is -2.15. The predicted octanol–water partition coefficient (Wildman–Crippen LogP) is 3.53. The molecule has 0 spiro atoms. The quantitative estimate of drug-likeness (QED) is 0.908. The Morgan fingerprint density at radius 1 is 1.05 bits per heavy atom. The molecule has 0 radical (unpaired) electrons. The van der Waals surface area contributed by atoms with Crippen molar-refractivity contribution >= 4 is 33.4 Å². The number of anilines is 1. The van der Waals surface area contributed by atoms with Crippen LogP contribution < -0.4 is 5.32 Å². The van der Waals surface area contributed by atoms with Gasteiger partial charge in [-0.25, -0.2) is 0 Å². The molecule has 2 aromatic rings. The summed E-state index contributed by atoms with van der Waals surface area (Å²) in [6, 6.07) is 10.2. The third kappa shape index (κ3) is 3.22. The zero-order valence-corrected chi connectivity index (χ0v) is 13.4. The van der Waals surface area contributed by atoms with Gasteiger partial charge in [-0.15, -0.1) is 0 Å². The Morgan fingerprint density at radius 3 is 2.32 bits per heavy atom. The molecule has 0 aliphatic carbocycles. The molecule has 0 saturated carbocycles. The van der Waals surface area contributed by atoms with Gasteiger partial charge in [0.1, 0.15) is 0 Å². The Hall–Kier alpha value is -2.08. The number of amides is 2. The maximum absolute atomic E-state index is 12.2. The molecule has 1 aliphatic heterocycles. The molecule has 0 bridgehead atoms. The van der Waals surface area contributed by atoms with E-state index in [0.717, 1.165) is 25.9 Å². The second kappa shape index (κ2) is 6.36. The third-order valence-corrected chi connectivity index (χ3v) is 4.01. The smallest absolute Gasteiger partial charge is 0.291 e. The number of nitrogens with one attached hydrogen (secondary N) is 1. The average molecular weight is 363 g/mol. The van der Waals surface area contributed by atoms with Crippen molar-refractivity contribution in [3.05, 3.63) is 52.4 Å². The van der Waals surface area contributed by atoms with Crippen LogP contribution in [0.25, 0.3) is 0 Å². The lowest BCUT2D eigenvalue weighted by molar-refractivity contribution is 0.0792. The Bertz CT molecular complexity index is 688. The number of halogens is 1. The molecular formula is C16H15BrN2O3. The number of carbonyl (C=O) groups is 2. The van der Waals surface area contributed by atoms with E-state index in [1.165, 1.54) is 0 Å². The van der Waals surface area contributed by atoms with Gasteiger partial charge in [0, 0.05) is 24.3 Å². The molecule has 2 heterocycles. The summed E-state index contributed by atoms with van der Waals surface area (Å²) in [7, 11) is 0. The fourth-order valence-corrected chi connectivity index (χ4v) is 2.73. The highest BCUT2D eigenvalue weighted by atomic mass is 79.9. The van der Waals surface area contributed by atoms with Gasteiger partial charge in [-0.3, -0.25) is 9.59 Å². The molecule has 1 aliphatic rings. The van der Waals surface area contributed by atoms with Gasteiger partial charge in [0.05, 0.1) is 0 Å². The molecule has 22 heavy (non-hydrogen) atoms. The molecule has 1 fully saturated rings. The molecule has 1 saturated heterocycles. The lowest BCUT2D eigenvalue weighted by Crippen LogP contribution is -2.27. The zero-order chi connectivity index (χ0) is 15.5. The van der Waals surface area contributed by atoms with Gasteiger partial charge < -0.3 is 14.6 Å². The van der Waals surface area contributed by atoms with Gasteiger partial charge in [0.15, 0.2) is 10.4 Å². The molecule has 0 unspecified atom stereocenters. The van der Waals surface area contributed by atoms with E-state index >= 15 is 0 Å². The normalized spacial score (nSPS) is 14.1. The Balaban J connectivity index is 1.66. The van der Waals surface area contributed by atoms with E-state index in [1.807, 2.05) is 4.90 Å². The standard InChI is InChI=1S/C16H15BrN2O3/c17-14-8-7-13(22-14)15(20)18-12-5-3-11(4-6-12)16(21)19-9-1-2-10-19/h3-8H,1-2,9-10H2,(H,18,20). The minimum absolute atomic E-state index is 0.0466. The minimum atomic E-state index is -0.329. The Kier molecular flexibility index (Phi) is 4.29. The molecule has 1 aromatic heterocycles. The molecular weight excluding hydrogens is 348 g/mol. The fraction of sp³-hybridized carbons (Fsp3) is 0.250. The van der Waals surface area contributed by atoms with Crippen LogP contribution >= 0.6 is 15.9 Å².